The van der Waals surface area contributed by atoms with Crippen molar-refractivity contribution < 1.29 is 9.59 Å². The van der Waals surface area contributed by atoms with Crippen LogP contribution in [0.2, 0.25) is 5.02 Å². The van der Waals surface area contributed by atoms with Crippen LogP contribution in [-0.2, 0) is 22.4 Å². The molecule has 0 aliphatic heterocycles. The Hall–Kier alpha value is -3.64. The van der Waals surface area contributed by atoms with Gasteiger partial charge in [0.05, 0.1) is 6.42 Å². The number of amides is 2. The minimum Gasteiger partial charge on any atom is -0.358 e. The van der Waals surface area contributed by atoms with Crippen LogP contribution in [-0.4, -0.2) is 34.9 Å². The summed E-state index contributed by atoms with van der Waals surface area (Å²) >= 11 is 6.13. The minimum atomic E-state index is -0.731. The van der Waals surface area contributed by atoms with E-state index in [1.807, 2.05) is 61.5 Å². The number of halogens is 1. The molecule has 168 valence electrons. The standard InChI is InChI=1S/C26H25ClN4O2/c1-17-20-15-19(27)11-12-21(20)29-22(17)16-25(32)30-23(14-18-8-4-3-5-9-18)26(33)31(2)24-10-6-7-13-28-24/h3-13,15,23,29H,14,16H2,1-2H3,(H,30,32)/t23-/m0/s1. The number of hydrogen-bond donors (Lipinski definition) is 2. The van der Waals surface area contributed by atoms with Gasteiger partial charge >= 0.3 is 0 Å². The number of aryl methyl sites for hydroxylation is 1. The molecule has 0 spiro atoms. The fourth-order valence-corrected chi connectivity index (χ4v) is 4.06. The highest BCUT2D eigenvalue weighted by Gasteiger charge is 2.26. The molecule has 2 amide bonds. The number of carbonyl (C=O) groups excluding carboxylic acids is 2. The molecule has 6 nitrogen and oxygen atoms in total. The fraction of sp³-hybridized carbons (Fsp3) is 0.192. The lowest BCUT2D eigenvalue weighted by atomic mass is 10.0. The molecule has 0 fully saturated rings. The molecule has 2 heterocycles. The lowest BCUT2D eigenvalue weighted by Crippen LogP contribution is -2.49. The van der Waals surface area contributed by atoms with Crippen molar-refractivity contribution in [2.24, 2.45) is 0 Å². The first-order valence-electron chi connectivity index (χ1n) is 10.7. The Bertz CT molecular complexity index is 1270. The number of aromatic nitrogens is 2. The third-order valence-electron chi connectivity index (χ3n) is 5.70. The molecule has 0 saturated carbocycles. The van der Waals surface area contributed by atoms with Gasteiger partial charge in [-0.05, 0) is 48.4 Å². The highest BCUT2D eigenvalue weighted by atomic mass is 35.5. The summed E-state index contributed by atoms with van der Waals surface area (Å²) in [7, 11) is 1.67. The van der Waals surface area contributed by atoms with Crippen LogP contribution < -0.4 is 10.2 Å². The zero-order valence-electron chi connectivity index (χ0n) is 18.5. The summed E-state index contributed by atoms with van der Waals surface area (Å²) in [5, 5.41) is 4.57. The van der Waals surface area contributed by atoms with Gasteiger partial charge in [0.2, 0.25) is 5.91 Å². The summed E-state index contributed by atoms with van der Waals surface area (Å²) in [6.07, 6.45) is 2.14. The molecule has 0 bridgehead atoms. The Labute approximate surface area is 197 Å². The molecule has 0 aliphatic rings. The third kappa shape index (κ3) is 5.23. The van der Waals surface area contributed by atoms with Crippen LogP contribution in [0.5, 0.6) is 0 Å². The van der Waals surface area contributed by atoms with Crippen molar-refractivity contribution in [1.29, 1.82) is 0 Å². The number of rotatable bonds is 7. The normalized spacial score (nSPS) is 11.8. The van der Waals surface area contributed by atoms with E-state index in [0.717, 1.165) is 27.7 Å². The number of nitrogens with one attached hydrogen (secondary N) is 2. The summed E-state index contributed by atoms with van der Waals surface area (Å²) in [5.74, 6) is 0.0589. The predicted octanol–water partition coefficient (Wildman–Crippen LogP) is 4.46. The van der Waals surface area contributed by atoms with Crippen LogP contribution in [0.3, 0.4) is 0 Å². The second-order valence-corrected chi connectivity index (χ2v) is 8.43. The number of anilines is 1. The smallest absolute Gasteiger partial charge is 0.250 e. The number of carbonyl (C=O) groups is 2. The quantitative estimate of drug-likeness (QED) is 0.427. The molecule has 0 unspecified atom stereocenters. The maximum absolute atomic E-state index is 13.3. The molecule has 2 N–H and O–H groups in total. The molecular formula is C26H25ClN4O2. The van der Waals surface area contributed by atoms with Crippen molar-refractivity contribution in [3.05, 3.63) is 94.8 Å². The van der Waals surface area contributed by atoms with Crippen molar-refractivity contribution in [3.8, 4) is 0 Å². The number of pyridine rings is 1. The third-order valence-corrected chi connectivity index (χ3v) is 5.94. The minimum absolute atomic E-state index is 0.129. The second kappa shape index (κ2) is 9.88. The SMILES string of the molecule is Cc1c(CC(=O)N[C@@H](Cc2ccccc2)C(=O)N(C)c2ccccn2)[nH]c2ccc(Cl)cc12. The van der Waals surface area contributed by atoms with E-state index >= 15 is 0 Å². The van der Waals surface area contributed by atoms with Gasteiger partial charge in [0, 0.05) is 41.3 Å². The van der Waals surface area contributed by atoms with Crippen LogP contribution in [0.15, 0.2) is 72.9 Å². The van der Waals surface area contributed by atoms with E-state index in [1.165, 1.54) is 4.90 Å². The summed E-state index contributed by atoms with van der Waals surface area (Å²) in [6, 6.07) is 19.9. The Morgan fingerprint density at radius 2 is 1.85 bits per heavy atom. The van der Waals surface area contributed by atoms with Gasteiger partial charge in [-0.2, -0.15) is 0 Å². The van der Waals surface area contributed by atoms with E-state index in [9.17, 15) is 9.59 Å². The van der Waals surface area contributed by atoms with Crippen LogP contribution in [0.25, 0.3) is 10.9 Å². The predicted molar refractivity (Wildman–Crippen MR) is 131 cm³/mol. The van der Waals surface area contributed by atoms with Crippen LogP contribution in [0.4, 0.5) is 5.82 Å². The van der Waals surface area contributed by atoms with E-state index in [4.69, 9.17) is 11.6 Å². The van der Waals surface area contributed by atoms with Crippen molar-refractivity contribution >= 4 is 40.1 Å². The van der Waals surface area contributed by atoms with Gasteiger partial charge in [0.15, 0.2) is 0 Å². The first-order valence-corrected chi connectivity index (χ1v) is 11.1. The average Bonchev–Trinajstić information content (AvgIpc) is 3.13. The van der Waals surface area contributed by atoms with E-state index in [0.29, 0.717) is 17.3 Å². The number of H-pyrrole nitrogens is 1. The van der Waals surface area contributed by atoms with Gasteiger partial charge in [-0.1, -0.05) is 48.0 Å². The van der Waals surface area contributed by atoms with E-state index in [-0.39, 0.29) is 18.2 Å². The summed E-state index contributed by atoms with van der Waals surface area (Å²) in [5.41, 5.74) is 3.65. The summed E-state index contributed by atoms with van der Waals surface area (Å²) in [4.78, 5) is 35.4. The van der Waals surface area contributed by atoms with Gasteiger partial charge < -0.3 is 10.3 Å². The van der Waals surface area contributed by atoms with Crippen molar-refractivity contribution in [2.75, 3.05) is 11.9 Å². The maximum atomic E-state index is 13.3. The molecule has 0 aliphatic carbocycles. The summed E-state index contributed by atoms with van der Waals surface area (Å²) in [6.45, 7) is 1.96. The Morgan fingerprint density at radius 3 is 2.58 bits per heavy atom. The number of likely N-dealkylation sites (N-methyl/N-ethyl adjacent to an activating group) is 1. The monoisotopic (exact) mass is 460 g/mol. The molecule has 1 atom stereocenters. The topological polar surface area (TPSA) is 78.1 Å². The molecule has 33 heavy (non-hydrogen) atoms. The molecule has 2 aromatic carbocycles. The lowest BCUT2D eigenvalue weighted by Gasteiger charge is -2.24. The first-order chi connectivity index (χ1) is 15.9. The molecular weight excluding hydrogens is 436 g/mol. The zero-order chi connectivity index (χ0) is 23.4. The fourth-order valence-electron chi connectivity index (χ4n) is 3.89. The Balaban J connectivity index is 1.55. The van der Waals surface area contributed by atoms with E-state index < -0.39 is 6.04 Å². The first kappa shape index (κ1) is 22.6. The van der Waals surface area contributed by atoms with Crippen LogP contribution >= 0.6 is 11.6 Å². The number of nitrogens with zero attached hydrogens (tertiary/aromatic N) is 2. The molecule has 0 saturated heterocycles. The second-order valence-electron chi connectivity index (χ2n) is 7.99. The average molecular weight is 461 g/mol. The van der Waals surface area contributed by atoms with Crippen molar-refractivity contribution in [1.82, 2.24) is 15.3 Å². The highest BCUT2D eigenvalue weighted by Crippen LogP contribution is 2.25. The highest BCUT2D eigenvalue weighted by molar-refractivity contribution is 6.31. The van der Waals surface area contributed by atoms with Crippen molar-refractivity contribution in [3.63, 3.8) is 0 Å². The number of hydrogen-bond acceptors (Lipinski definition) is 3. The Morgan fingerprint density at radius 1 is 1.09 bits per heavy atom. The molecule has 4 aromatic rings. The number of benzene rings is 2. The van der Waals surface area contributed by atoms with Crippen LogP contribution in [0.1, 0.15) is 16.8 Å². The van der Waals surface area contributed by atoms with E-state index in [1.54, 1.807) is 25.4 Å². The number of fused-ring (bicyclic) bond motifs is 1. The van der Waals surface area contributed by atoms with Gasteiger partial charge in [-0.15, -0.1) is 0 Å². The lowest BCUT2D eigenvalue weighted by molar-refractivity contribution is -0.127. The zero-order valence-corrected chi connectivity index (χ0v) is 19.3. The van der Waals surface area contributed by atoms with Gasteiger partial charge in [-0.3, -0.25) is 14.5 Å². The van der Waals surface area contributed by atoms with E-state index in [2.05, 4.69) is 15.3 Å². The molecule has 2 aromatic heterocycles. The van der Waals surface area contributed by atoms with Crippen LogP contribution in [0, 0.1) is 6.92 Å². The molecule has 0 radical (unpaired) electrons. The molecule has 7 heteroatoms. The van der Waals surface area contributed by atoms with Gasteiger partial charge in [0.25, 0.3) is 5.91 Å². The van der Waals surface area contributed by atoms with Gasteiger partial charge in [-0.25, -0.2) is 4.98 Å². The Kier molecular flexibility index (Phi) is 6.75. The maximum Gasteiger partial charge on any atom is 0.250 e. The number of aromatic amines is 1. The summed E-state index contributed by atoms with van der Waals surface area (Å²) < 4.78 is 0. The molecule has 4 rings (SSSR count). The largest absolute Gasteiger partial charge is 0.358 e. The van der Waals surface area contributed by atoms with Crippen molar-refractivity contribution in [2.45, 2.75) is 25.8 Å². The van der Waals surface area contributed by atoms with Gasteiger partial charge in [0.1, 0.15) is 11.9 Å².